The van der Waals surface area contributed by atoms with Crippen LogP contribution in [0.3, 0.4) is 0 Å². The van der Waals surface area contributed by atoms with Crippen molar-refractivity contribution in [2.75, 3.05) is 16.8 Å². The standard InChI is InChI=1S/C16H22N4S/c1-3-7-17-15-9-16(19-12(2)18-15)20(14-4-5-14)10-13-6-8-21-11-13/h6,8-9,11,14H,3-5,7,10H2,1-2H3,(H,17,18,19). The van der Waals surface area contributed by atoms with E-state index in [1.165, 1.54) is 18.4 Å². The SMILES string of the molecule is CCCNc1cc(N(Cc2ccsc2)C2CC2)nc(C)n1. The normalized spacial score (nSPS) is 14.2. The molecule has 2 heterocycles. The van der Waals surface area contributed by atoms with Gasteiger partial charge in [-0.1, -0.05) is 6.92 Å². The smallest absolute Gasteiger partial charge is 0.134 e. The van der Waals surface area contributed by atoms with Gasteiger partial charge >= 0.3 is 0 Å². The van der Waals surface area contributed by atoms with Crippen molar-refractivity contribution in [3.63, 3.8) is 0 Å². The van der Waals surface area contributed by atoms with Crippen LogP contribution >= 0.6 is 11.3 Å². The molecule has 21 heavy (non-hydrogen) atoms. The molecule has 0 aromatic carbocycles. The molecule has 0 saturated heterocycles. The first-order valence-electron chi connectivity index (χ1n) is 7.63. The van der Waals surface area contributed by atoms with E-state index in [2.05, 4.69) is 50.0 Å². The van der Waals surface area contributed by atoms with Gasteiger partial charge in [0.05, 0.1) is 0 Å². The zero-order chi connectivity index (χ0) is 14.7. The van der Waals surface area contributed by atoms with Crippen molar-refractivity contribution in [2.24, 2.45) is 0 Å². The Balaban J connectivity index is 1.82. The van der Waals surface area contributed by atoms with Crippen LogP contribution in [0.25, 0.3) is 0 Å². The minimum Gasteiger partial charge on any atom is -0.370 e. The second-order valence-electron chi connectivity index (χ2n) is 5.58. The van der Waals surface area contributed by atoms with Crippen LogP contribution in [0.4, 0.5) is 11.6 Å². The molecule has 0 amide bonds. The van der Waals surface area contributed by atoms with Crippen LogP contribution < -0.4 is 10.2 Å². The van der Waals surface area contributed by atoms with Crippen molar-refractivity contribution in [1.82, 2.24) is 9.97 Å². The van der Waals surface area contributed by atoms with Crippen molar-refractivity contribution < 1.29 is 0 Å². The van der Waals surface area contributed by atoms with Gasteiger partial charge in [-0.25, -0.2) is 9.97 Å². The zero-order valence-electron chi connectivity index (χ0n) is 12.7. The number of rotatable bonds is 7. The van der Waals surface area contributed by atoms with Gasteiger partial charge in [0.1, 0.15) is 17.5 Å². The molecule has 0 spiro atoms. The summed E-state index contributed by atoms with van der Waals surface area (Å²) < 4.78 is 0. The lowest BCUT2D eigenvalue weighted by molar-refractivity contribution is 0.772. The number of hydrogen-bond donors (Lipinski definition) is 1. The van der Waals surface area contributed by atoms with Gasteiger partial charge < -0.3 is 10.2 Å². The predicted octanol–water partition coefficient (Wildman–Crippen LogP) is 3.84. The number of nitrogens with zero attached hydrogens (tertiary/aromatic N) is 3. The van der Waals surface area contributed by atoms with E-state index in [1.54, 1.807) is 11.3 Å². The van der Waals surface area contributed by atoms with Crippen LogP contribution in [0, 0.1) is 6.92 Å². The maximum absolute atomic E-state index is 4.66. The maximum atomic E-state index is 4.66. The lowest BCUT2D eigenvalue weighted by Gasteiger charge is -2.24. The van der Waals surface area contributed by atoms with Gasteiger partial charge in [0, 0.05) is 25.2 Å². The van der Waals surface area contributed by atoms with Crippen molar-refractivity contribution in [1.29, 1.82) is 0 Å². The van der Waals surface area contributed by atoms with Crippen LogP contribution in [-0.2, 0) is 6.54 Å². The van der Waals surface area contributed by atoms with Crippen molar-refractivity contribution in [2.45, 2.75) is 45.7 Å². The number of aromatic nitrogens is 2. The Kier molecular flexibility index (Phi) is 4.39. The molecule has 0 radical (unpaired) electrons. The lowest BCUT2D eigenvalue weighted by Crippen LogP contribution is -2.26. The van der Waals surface area contributed by atoms with Gasteiger partial charge in [0.25, 0.3) is 0 Å². The predicted molar refractivity (Wildman–Crippen MR) is 89.1 cm³/mol. The number of anilines is 2. The van der Waals surface area contributed by atoms with E-state index >= 15 is 0 Å². The molecular weight excluding hydrogens is 280 g/mol. The molecule has 5 heteroatoms. The fraction of sp³-hybridized carbons (Fsp3) is 0.500. The van der Waals surface area contributed by atoms with Crippen molar-refractivity contribution >= 4 is 23.0 Å². The average Bonchev–Trinajstić information content (AvgIpc) is 3.18. The minimum absolute atomic E-state index is 0.637. The summed E-state index contributed by atoms with van der Waals surface area (Å²) >= 11 is 1.75. The fourth-order valence-corrected chi connectivity index (χ4v) is 3.07. The summed E-state index contributed by atoms with van der Waals surface area (Å²) in [6.07, 6.45) is 3.63. The summed E-state index contributed by atoms with van der Waals surface area (Å²) in [5.41, 5.74) is 1.37. The third kappa shape index (κ3) is 3.73. The Morgan fingerprint density at radius 3 is 2.90 bits per heavy atom. The Hall–Kier alpha value is -1.62. The summed E-state index contributed by atoms with van der Waals surface area (Å²) in [6, 6.07) is 4.93. The molecule has 2 aromatic rings. The molecule has 0 aliphatic heterocycles. The molecule has 1 aliphatic rings. The Labute approximate surface area is 130 Å². The molecule has 3 rings (SSSR count). The molecule has 0 atom stereocenters. The number of nitrogens with one attached hydrogen (secondary N) is 1. The largest absolute Gasteiger partial charge is 0.370 e. The van der Waals surface area contributed by atoms with Gasteiger partial charge in [-0.15, -0.1) is 0 Å². The van der Waals surface area contributed by atoms with Crippen molar-refractivity contribution in [3.8, 4) is 0 Å². The highest BCUT2D eigenvalue weighted by atomic mass is 32.1. The second-order valence-corrected chi connectivity index (χ2v) is 6.36. The molecule has 112 valence electrons. The highest BCUT2D eigenvalue weighted by molar-refractivity contribution is 7.07. The first-order valence-corrected chi connectivity index (χ1v) is 8.58. The topological polar surface area (TPSA) is 41.0 Å². The first-order chi connectivity index (χ1) is 10.3. The molecule has 0 bridgehead atoms. The van der Waals surface area contributed by atoms with E-state index in [0.717, 1.165) is 37.0 Å². The molecule has 4 nitrogen and oxygen atoms in total. The van der Waals surface area contributed by atoms with E-state index in [4.69, 9.17) is 0 Å². The van der Waals surface area contributed by atoms with Crippen LogP contribution in [0.5, 0.6) is 0 Å². The summed E-state index contributed by atoms with van der Waals surface area (Å²) in [6.45, 7) is 6.02. The van der Waals surface area contributed by atoms with Crippen LogP contribution in [-0.4, -0.2) is 22.6 Å². The summed E-state index contributed by atoms with van der Waals surface area (Å²) in [5, 5.41) is 7.73. The second kappa shape index (κ2) is 6.43. The molecule has 2 aromatic heterocycles. The third-order valence-electron chi connectivity index (χ3n) is 3.60. The van der Waals surface area contributed by atoms with E-state index in [0.29, 0.717) is 6.04 Å². The number of hydrogen-bond acceptors (Lipinski definition) is 5. The highest BCUT2D eigenvalue weighted by Gasteiger charge is 2.30. The van der Waals surface area contributed by atoms with Crippen LogP contribution in [0.2, 0.25) is 0 Å². The molecule has 1 fully saturated rings. The Bertz CT molecular complexity index is 578. The summed E-state index contributed by atoms with van der Waals surface area (Å²) in [4.78, 5) is 11.6. The molecule has 1 saturated carbocycles. The summed E-state index contributed by atoms with van der Waals surface area (Å²) in [5.74, 6) is 2.83. The lowest BCUT2D eigenvalue weighted by atomic mass is 10.3. The maximum Gasteiger partial charge on any atom is 0.134 e. The van der Waals surface area contributed by atoms with Crippen LogP contribution in [0.15, 0.2) is 22.9 Å². The van der Waals surface area contributed by atoms with Crippen molar-refractivity contribution in [3.05, 3.63) is 34.3 Å². The molecule has 0 unspecified atom stereocenters. The van der Waals surface area contributed by atoms with Crippen LogP contribution in [0.1, 0.15) is 37.6 Å². The Morgan fingerprint density at radius 1 is 1.38 bits per heavy atom. The van der Waals surface area contributed by atoms with E-state index in [1.807, 2.05) is 6.92 Å². The third-order valence-corrected chi connectivity index (χ3v) is 4.33. The number of aryl methyl sites for hydroxylation is 1. The minimum atomic E-state index is 0.637. The van der Waals surface area contributed by atoms with E-state index < -0.39 is 0 Å². The van der Waals surface area contributed by atoms with Gasteiger partial charge in [0.15, 0.2) is 0 Å². The van der Waals surface area contributed by atoms with E-state index in [-0.39, 0.29) is 0 Å². The molecule has 1 aliphatic carbocycles. The monoisotopic (exact) mass is 302 g/mol. The average molecular weight is 302 g/mol. The van der Waals surface area contributed by atoms with Gasteiger partial charge in [-0.2, -0.15) is 11.3 Å². The fourth-order valence-electron chi connectivity index (χ4n) is 2.41. The van der Waals surface area contributed by atoms with Gasteiger partial charge in [0.2, 0.25) is 0 Å². The van der Waals surface area contributed by atoms with Gasteiger partial charge in [-0.3, -0.25) is 0 Å². The Morgan fingerprint density at radius 2 is 2.24 bits per heavy atom. The van der Waals surface area contributed by atoms with E-state index in [9.17, 15) is 0 Å². The first kappa shape index (κ1) is 14.3. The molecular formula is C16H22N4S. The zero-order valence-corrected chi connectivity index (χ0v) is 13.5. The van der Waals surface area contributed by atoms with Gasteiger partial charge in [-0.05, 0) is 48.6 Å². The highest BCUT2D eigenvalue weighted by Crippen LogP contribution is 2.33. The molecule has 1 N–H and O–H groups in total. The summed E-state index contributed by atoms with van der Waals surface area (Å²) in [7, 11) is 0. The number of thiophene rings is 1. The quantitative estimate of drug-likeness (QED) is 0.844.